The van der Waals surface area contributed by atoms with E-state index in [2.05, 4.69) is 20.2 Å². The number of aromatic nitrogens is 1. The van der Waals surface area contributed by atoms with E-state index in [-0.39, 0.29) is 6.10 Å². The van der Waals surface area contributed by atoms with E-state index in [0.717, 1.165) is 64.4 Å². The van der Waals surface area contributed by atoms with Crippen LogP contribution in [-0.4, -0.2) is 74.6 Å². The third-order valence-electron chi connectivity index (χ3n) is 4.47. The Morgan fingerprint density at radius 2 is 2.23 bits per heavy atom. The second kappa shape index (κ2) is 10.3. The highest BCUT2D eigenvalue weighted by Crippen LogP contribution is 2.16. The van der Waals surface area contributed by atoms with E-state index in [9.17, 15) is 0 Å². The summed E-state index contributed by atoms with van der Waals surface area (Å²) in [6, 6.07) is 3.83. The number of hydrogen-bond acceptors (Lipinski definition) is 6. The highest BCUT2D eigenvalue weighted by Gasteiger charge is 2.17. The van der Waals surface area contributed by atoms with E-state index < -0.39 is 0 Å². The molecule has 0 bridgehead atoms. The molecule has 3 heterocycles. The van der Waals surface area contributed by atoms with Crippen LogP contribution >= 0.6 is 0 Å². The Balaban J connectivity index is 1.36. The van der Waals surface area contributed by atoms with Crippen molar-refractivity contribution in [1.29, 1.82) is 0 Å². The fourth-order valence-electron chi connectivity index (χ4n) is 2.97. The number of nitrogens with two attached hydrogens (primary N) is 1. The summed E-state index contributed by atoms with van der Waals surface area (Å²) in [6.45, 7) is 7.46. The summed E-state index contributed by atoms with van der Waals surface area (Å²) in [4.78, 5) is 11.1. The van der Waals surface area contributed by atoms with Gasteiger partial charge >= 0.3 is 0 Å². The zero-order chi connectivity index (χ0) is 18.0. The average Bonchev–Trinajstić information content (AvgIpc) is 3.18. The first-order chi connectivity index (χ1) is 12.8. The lowest BCUT2D eigenvalue weighted by Crippen LogP contribution is -2.39. The number of ether oxygens (including phenoxy) is 3. The summed E-state index contributed by atoms with van der Waals surface area (Å²) >= 11 is 0. The van der Waals surface area contributed by atoms with Crippen LogP contribution in [-0.2, 0) is 16.0 Å². The molecule has 1 aromatic rings. The molecule has 2 fully saturated rings. The van der Waals surface area contributed by atoms with Gasteiger partial charge in [-0.05, 0) is 24.6 Å². The highest BCUT2D eigenvalue weighted by atomic mass is 16.5. The molecule has 2 aliphatic heterocycles. The fourth-order valence-corrected chi connectivity index (χ4v) is 2.97. The minimum atomic E-state index is 0.0967. The lowest BCUT2D eigenvalue weighted by Gasteiger charge is -2.26. The van der Waals surface area contributed by atoms with E-state index in [1.807, 2.05) is 12.1 Å². The molecule has 1 atom stereocenters. The quantitative estimate of drug-likeness (QED) is 0.392. The van der Waals surface area contributed by atoms with Gasteiger partial charge in [-0.15, -0.1) is 0 Å². The molecule has 144 valence electrons. The Bertz CT molecular complexity index is 572. The maximum atomic E-state index is 5.95. The summed E-state index contributed by atoms with van der Waals surface area (Å²) in [5.74, 6) is 1.08. The van der Waals surface area contributed by atoms with E-state index in [1.165, 1.54) is 0 Å². The third-order valence-corrected chi connectivity index (χ3v) is 4.47. The monoisotopic (exact) mass is 363 g/mol. The number of nitrogens with one attached hydrogen (secondary N) is 1. The van der Waals surface area contributed by atoms with Crippen molar-refractivity contribution in [1.82, 2.24) is 15.2 Å². The molecule has 8 nitrogen and oxygen atoms in total. The van der Waals surface area contributed by atoms with E-state index in [4.69, 9.17) is 19.9 Å². The molecule has 0 spiro atoms. The normalized spacial score (nSPS) is 21.7. The number of rotatable bonds is 8. The van der Waals surface area contributed by atoms with Gasteiger partial charge in [-0.25, -0.2) is 9.98 Å². The van der Waals surface area contributed by atoms with Crippen molar-refractivity contribution in [3.63, 3.8) is 0 Å². The summed E-state index contributed by atoms with van der Waals surface area (Å²) in [5.41, 5.74) is 6.97. The standard InChI is InChI=1S/C18H29N5O3/c19-18(21-4-1-6-23-7-10-24-11-8-23)22-13-15-2-5-20-17(12-15)26-16-3-9-25-14-16/h2,5,12,16H,1,3-4,6-11,13-14H2,(H3,19,21,22). The van der Waals surface area contributed by atoms with Crippen LogP contribution in [0.1, 0.15) is 18.4 Å². The van der Waals surface area contributed by atoms with Crippen LogP contribution in [0.3, 0.4) is 0 Å². The Morgan fingerprint density at radius 3 is 3.04 bits per heavy atom. The SMILES string of the molecule is NC(=NCc1ccnc(OC2CCOC2)c1)NCCCN1CCOCC1. The first-order valence-electron chi connectivity index (χ1n) is 9.33. The van der Waals surface area contributed by atoms with Gasteiger partial charge in [0.2, 0.25) is 5.88 Å². The number of morpholine rings is 1. The molecule has 0 aliphatic carbocycles. The van der Waals surface area contributed by atoms with Gasteiger partial charge in [0.15, 0.2) is 5.96 Å². The predicted octanol–water partition coefficient (Wildman–Crippen LogP) is 0.376. The summed E-state index contributed by atoms with van der Waals surface area (Å²) in [7, 11) is 0. The van der Waals surface area contributed by atoms with Gasteiger partial charge in [0, 0.05) is 38.3 Å². The Morgan fingerprint density at radius 1 is 1.35 bits per heavy atom. The van der Waals surface area contributed by atoms with Crippen LogP contribution in [0.4, 0.5) is 0 Å². The van der Waals surface area contributed by atoms with Crippen LogP contribution in [0.2, 0.25) is 0 Å². The molecule has 26 heavy (non-hydrogen) atoms. The smallest absolute Gasteiger partial charge is 0.213 e. The number of nitrogens with zero attached hydrogens (tertiary/aromatic N) is 3. The van der Waals surface area contributed by atoms with Crippen molar-refractivity contribution in [3.05, 3.63) is 23.9 Å². The predicted molar refractivity (Wildman–Crippen MR) is 99.3 cm³/mol. The van der Waals surface area contributed by atoms with Gasteiger partial charge in [-0.2, -0.15) is 0 Å². The van der Waals surface area contributed by atoms with E-state index in [1.54, 1.807) is 6.20 Å². The third kappa shape index (κ3) is 6.44. The van der Waals surface area contributed by atoms with Gasteiger partial charge in [0.05, 0.1) is 33.0 Å². The molecule has 1 aromatic heterocycles. The lowest BCUT2D eigenvalue weighted by atomic mass is 10.2. The van der Waals surface area contributed by atoms with Crippen molar-refractivity contribution >= 4 is 5.96 Å². The largest absolute Gasteiger partial charge is 0.472 e. The fraction of sp³-hybridized carbons (Fsp3) is 0.667. The topological polar surface area (TPSA) is 94.2 Å². The zero-order valence-electron chi connectivity index (χ0n) is 15.2. The molecule has 2 aliphatic rings. The highest BCUT2D eigenvalue weighted by molar-refractivity contribution is 5.77. The molecule has 1 unspecified atom stereocenters. The Kier molecular flexibility index (Phi) is 7.48. The van der Waals surface area contributed by atoms with Crippen molar-refractivity contribution in [2.45, 2.75) is 25.5 Å². The van der Waals surface area contributed by atoms with Crippen molar-refractivity contribution in [2.24, 2.45) is 10.7 Å². The summed E-state index contributed by atoms with van der Waals surface area (Å²) in [5, 5.41) is 3.17. The number of pyridine rings is 1. The minimum Gasteiger partial charge on any atom is -0.472 e. The number of guanidine groups is 1. The molecule has 0 aromatic carbocycles. The van der Waals surface area contributed by atoms with Gasteiger partial charge in [0.1, 0.15) is 6.10 Å². The first-order valence-corrected chi connectivity index (χ1v) is 9.33. The number of aliphatic imine (C=N–C) groups is 1. The molecule has 8 heteroatoms. The molecular formula is C18H29N5O3. The molecule has 0 radical (unpaired) electrons. The van der Waals surface area contributed by atoms with Gasteiger partial charge in [0.25, 0.3) is 0 Å². The van der Waals surface area contributed by atoms with Crippen molar-refractivity contribution in [2.75, 3.05) is 52.6 Å². The molecular weight excluding hydrogens is 334 g/mol. The van der Waals surface area contributed by atoms with Crippen molar-refractivity contribution in [3.8, 4) is 5.88 Å². The molecule has 3 rings (SSSR count). The number of hydrogen-bond donors (Lipinski definition) is 2. The van der Waals surface area contributed by atoms with Gasteiger partial charge in [-0.1, -0.05) is 0 Å². The summed E-state index contributed by atoms with van der Waals surface area (Å²) in [6.07, 6.45) is 3.78. The maximum absolute atomic E-state index is 5.95. The van der Waals surface area contributed by atoms with Crippen LogP contribution in [0.25, 0.3) is 0 Å². The lowest BCUT2D eigenvalue weighted by molar-refractivity contribution is 0.0376. The van der Waals surface area contributed by atoms with E-state index in [0.29, 0.717) is 25.0 Å². The van der Waals surface area contributed by atoms with Crippen LogP contribution < -0.4 is 15.8 Å². The second-order valence-corrected chi connectivity index (χ2v) is 6.54. The molecule has 2 saturated heterocycles. The minimum absolute atomic E-state index is 0.0967. The van der Waals surface area contributed by atoms with Crippen molar-refractivity contribution < 1.29 is 14.2 Å². The summed E-state index contributed by atoms with van der Waals surface area (Å²) < 4.78 is 16.5. The molecule has 0 amide bonds. The Labute approximate surface area is 154 Å². The van der Waals surface area contributed by atoms with Gasteiger partial charge < -0.3 is 25.3 Å². The van der Waals surface area contributed by atoms with E-state index >= 15 is 0 Å². The Hall–Kier alpha value is -1.90. The first kappa shape index (κ1) is 18.9. The zero-order valence-corrected chi connectivity index (χ0v) is 15.2. The molecule has 3 N–H and O–H groups in total. The van der Waals surface area contributed by atoms with Crippen LogP contribution in [0.15, 0.2) is 23.3 Å². The van der Waals surface area contributed by atoms with Gasteiger partial charge in [-0.3, -0.25) is 4.90 Å². The van der Waals surface area contributed by atoms with Crippen LogP contribution in [0.5, 0.6) is 5.88 Å². The maximum Gasteiger partial charge on any atom is 0.213 e. The second-order valence-electron chi connectivity index (χ2n) is 6.54. The van der Waals surface area contributed by atoms with Crippen LogP contribution in [0, 0.1) is 0 Å². The average molecular weight is 363 g/mol. The molecule has 0 saturated carbocycles.